The zero-order valence-corrected chi connectivity index (χ0v) is 18.9. The number of primary sulfonamides is 1. The van der Waals surface area contributed by atoms with Crippen LogP contribution in [0.1, 0.15) is 18.0 Å². The van der Waals surface area contributed by atoms with Crippen LogP contribution in [0.4, 0.5) is 5.69 Å². The second-order valence-corrected chi connectivity index (χ2v) is 9.22. The molecule has 0 bridgehead atoms. The zero-order chi connectivity index (χ0) is 23.4. The molecule has 0 aliphatic carbocycles. The number of methoxy groups -OCH3 is 1. The Labute approximate surface area is 193 Å². The fourth-order valence-electron chi connectivity index (χ4n) is 3.93. The molecular formula is C26H24N2O4S. The topological polar surface area (TPSA) is 98.5 Å². The monoisotopic (exact) mass is 460 g/mol. The molecule has 0 fully saturated rings. The fourth-order valence-corrected chi connectivity index (χ4v) is 4.45. The third-order valence-electron chi connectivity index (χ3n) is 5.55. The molecule has 1 atom stereocenters. The molecule has 168 valence electrons. The second kappa shape index (κ2) is 9.44. The molecule has 0 spiro atoms. The van der Waals surface area contributed by atoms with Crippen molar-refractivity contribution in [2.75, 3.05) is 12.4 Å². The smallest absolute Gasteiger partial charge is 0.238 e. The van der Waals surface area contributed by atoms with Gasteiger partial charge in [-0.3, -0.25) is 0 Å². The van der Waals surface area contributed by atoms with Crippen molar-refractivity contribution < 1.29 is 17.9 Å². The summed E-state index contributed by atoms with van der Waals surface area (Å²) in [6, 6.07) is 25.9. The van der Waals surface area contributed by atoms with Gasteiger partial charge in [0.2, 0.25) is 10.0 Å². The van der Waals surface area contributed by atoms with Crippen LogP contribution >= 0.6 is 0 Å². The van der Waals surface area contributed by atoms with Gasteiger partial charge < -0.3 is 14.8 Å². The van der Waals surface area contributed by atoms with Crippen LogP contribution in [0.5, 0.6) is 5.75 Å². The SMILES string of the molecule is COc1ccc2cc(C(CC=O)Nc3ccccc3)ccc2c1-c1ccc(S(N)(=O)=O)cc1. The van der Waals surface area contributed by atoms with Gasteiger partial charge in [0.1, 0.15) is 12.0 Å². The van der Waals surface area contributed by atoms with Crippen molar-refractivity contribution in [1.82, 2.24) is 0 Å². The van der Waals surface area contributed by atoms with E-state index in [-0.39, 0.29) is 10.9 Å². The number of fused-ring (bicyclic) bond motifs is 1. The molecule has 4 aromatic carbocycles. The third kappa shape index (κ3) is 4.89. The molecule has 0 aromatic heterocycles. The van der Waals surface area contributed by atoms with E-state index in [9.17, 15) is 13.2 Å². The van der Waals surface area contributed by atoms with Crippen molar-refractivity contribution in [3.05, 3.63) is 90.5 Å². The van der Waals surface area contributed by atoms with Gasteiger partial charge in [-0.2, -0.15) is 0 Å². The highest BCUT2D eigenvalue weighted by molar-refractivity contribution is 7.89. The summed E-state index contributed by atoms with van der Waals surface area (Å²) in [5.74, 6) is 0.672. The predicted octanol–water partition coefficient (Wildman–Crippen LogP) is 4.91. The molecule has 4 aromatic rings. The number of hydrogen-bond acceptors (Lipinski definition) is 5. The molecule has 0 aliphatic heterocycles. The van der Waals surface area contributed by atoms with Crippen LogP contribution in [0, 0.1) is 0 Å². The highest BCUT2D eigenvalue weighted by Gasteiger charge is 2.16. The van der Waals surface area contributed by atoms with Gasteiger partial charge in [-0.15, -0.1) is 0 Å². The lowest BCUT2D eigenvalue weighted by Crippen LogP contribution is -2.11. The highest BCUT2D eigenvalue weighted by atomic mass is 32.2. The number of benzene rings is 4. The normalized spacial score (nSPS) is 12.3. The zero-order valence-electron chi connectivity index (χ0n) is 18.1. The van der Waals surface area contributed by atoms with Crippen molar-refractivity contribution in [2.24, 2.45) is 5.14 Å². The lowest BCUT2D eigenvalue weighted by atomic mass is 9.94. The summed E-state index contributed by atoms with van der Waals surface area (Å²) in [4.78, 5) is 11.4. The first-order valence-electron chi connectivity index (χ1n) is 10.4. The van der Waals surface area contributed by atoms with E-state index in [0.717, 1.165) is 39.4 Å². The fraction of sp³-hybridized carbons (Fsp3) is 0.115. The van der Waals surface area contributed by atoms with E-state index < -0.39 is 10.0 Å². The summed E-state index contributed by atoms with van der Waals surface area (Å²) in [7, 11) is -2.17. The van der Waals surface area contributed by atoms with Crippen molar-refractivity contribution in [2.45, 2.75) is 17.4 Å². The minimum atomic E-state index is -3.77. The first-order chi connectivity index (χ1) is 15.9. The van der Waals surface area contributed by atoms with Gasteiger partial charge in [0.05, 0.1) is 18.0 Å². The summed E-state index contributed by atoms with van der Waals surface area (Å²) in [5.41, 5.74) is 3.59. The Kier molecular flexibility index (Phi) is 6.44. The van der Waals surface area contributed by atoms with Gasteiger partial charge in [0, 0.05) is 17.7 Å². The minimum Gasteiger partial charge on any atom is -0.496 e. The van der Waals surface area contributed by atoms with E-state index >= 15 is 0 Å². The van der Waals surface area contributed by atoms with Crippen molar-refractivity contribution in [3.8, 4) is 16.9 Å². The summed E-state index contributed by atoms with van der Waals surface area (Å²) in [6.07, 6.45) is 1.25. The van der Waals surface area contributed by atoms with Gasteiger partial charge in [0.25, 0.3) is 0 Å². The molecule has 0 radical (unpaired) electrons. The molecule has 33 heavy (non-hydrogen) atoms. The van der Waals surface area contributed by atoms with Crippen LogP contribution in [-0.2, 0) is 14.8 Å². The maximum absolute atomic E-state index is 11.6. The number of nitrogens with one attached hydrogen (secondary N) is 1. The summed E-state index contributed by atoms with van der Waals surface area (Å²) < 4.78 is 28.8. The van der Waals surface area contributed by atoms with Crippen LogP contribution in [0.15, 0.2) is 89.8 Å². The lowest BCUT2D eigenvalue weighted by molar-refractivity contribution is -0.108. The van der Waals surface area contributed by atoms with Gasteiger partial charge in [-0.1, -0.05) is 48.5 Å². The Morgan fingerprint density at radius 1 is 0.970 bits per heavy atom. The Hall–Kier alpha value is -3.68. The number of nitrogens with two attached hydrogens (primary N) is 1. The molecule has 1 unspecified atom stereocenters. The average molecular weight is 461 g/mol. The minimum absolute atomic E-state index is 0.0523. The Morgan fingerprint density at radius 3 is 2.33 bits per heavy atom. The third-order valence-corrected chi connectivity index (χ3v) is 6.48. The van der Waals surface area contributed by atoms with Gasteiger partial charge >= 0.3 is 0 Å². The molecule has 0 saturated heterocycles. The number of aldehydes is 1. The summed E-state index contributed by atoms with van der Waals surface area (Å²) in [6.45, 7) is 0. The quantitative estimate of drug-likeness (QED) is 0.364. The molecule has 7 heteroatoms. The number of anilines is 1. The molecule has 4 rings (SSSR count). The number of carbonyl (C=O) groups excluding carboxylic acids is 1. The van der Waals surface area contributed by atoms with E-state index in [1.165, 1.54) is 12.1 Å². The summed E-state index contributed by atoms with van der Waals surface area (Å²) >= 11 is 0. The first-order valence-corrected chi connectivity index (χ1v) is 11.9. The van der Waals surface area contributed by atoms with Gasteiger partial charge in [-0.25, -0.2) is 13.6 Å². The molecule has 6 nitrogen and oxygen atoms in total. The average Bonchev–Trinajstić information content (AvgIpc) is 2.83. The Balaban J connectivity index is 1.78. The number of carbonyl (C=O) groups is 1. The van der Waals surface area contributed by atoms with Crippen molar-refractivity contribution >= 4 is 32.8 Å². The van der Waals surface area contributed by atoms with Gasteiger partial charge in [-0.05, 0) is 58.3 Å². The van der Waals surface area contributed by atoms with Crippen molar-refractivity contribution in [3.63, 3.8) is 0 Å². The largest absolute Gasteiger partial charge is 0.496 e. The highest BCUT2D eigenvalue weighted by Crippen LogP contribution is 2.38. The molecule has 0 heterocycles. The molecule has 3 N–H and O–H groups in total. The molecule has 0 amide bonds. The Morgan fingerprint density at radius 2 is 1.70 bits per heavy atom. The van der Waals surface area contributed by atoms with E-state index in [1.54, 1.807) is 19.2 Å². The van der Waals surface area contributed by atoms with Crippen molar-refractivity contribution in [1.29, 1.82) is 0 Å². The van der Waals surface area contributed by atoms with Crippen LogP contribution in [-0.4, -0.2) is 21.8 Å². The summed E-state index contributed by atoms with van der Waals surface area (Å²) in [5, 5.41) is 10.6. The number of para-hydroxylation sites is 1. The Bertz CT molecular complexity index is 1390. The first kappa shape index (κ1) is 22.5. The molecule has 0 aliphatic rings. The standard InChI is InChI=1S/C26H24N2O4S/c1-32-25-14-10-19-17-20(24(15-16-29)28-21-5-3-2-4-6-21)9-13-23(19)26(25)18-7-11-22(12-8-18)33(27,30)31/h2-14,16-17,24,28H,15H2,1H3,(H2,27,30,31). The van der Waals surface area contributed by atoms with Crippen LogP contribution in [0.3, 0.4) is 0 Å². The van der Waals surface area contributed by atoms with Crippen LogP contribution in [0.2, 0.25) is 0 Å². The van der Waals surface area contributed by atoms with E-state index in [2.05, 4.69) is 11.4 Å². The van der Waals surface area contributed by atoms with Crippen LogP contribution < -0.4 is 15.2 Å². The number of rotatable bonds is 8. The maximum atomic E-state index is 11.6. The number of hydrogen-bond donors (Lipinski definition) is 2. The predicted molar refractivity (Wildman–Crippen MR) is 131 cm³/mol. The van der Waals surface area contributed by atoms with Gasteiger partial charge in [0.15, 0.2) is 0 Å². The van der Waals surface area contributed by atoms with E-state index in [1.807, 2.05) is 54.6 Å². The van der Waals surface area contributed by atoms with E-state index in [4.69, 9.17) is 9.88 Å². The molecule has 0 saturated carbocycles. The lowest BCUT2D eigenvalue weighted by Gasteiger charge is -2.20. The molecular weight excluding hydrogens is 436 g/mol. The maximum Gasteiger partial charge on any atom is 0.238 e. The second-order valence-electron chi connectivity index (χ2n) is 7.66. The number of ether oxygens (including phenoxy) is 1. The van der Waals surface area contributed by atoms with Crippen LogP contribution in [0.25, 0.3) is 21.9 Å². The number of sulfonamides is 1. The van der Waals surface area contributed by atoms with E-state index in [0.29, 0.717) is 12.2 Å².